The first-order chi connectivity index (χ1) is 7.51. The molecule has 2 saturated carbocycles. The number of hydrazone groups is 1. The van der Waals surface area contributed by atoms with Crippen LogP contribution in [0.3, 0.4) is 0 Å². The normalized spacial score (nSPS) is 35.8. The third kappa shape index (κ3) is 2.08. The minimum atomic E-state index is 0.239. The number of hydrogen-bond acceptors (Lipinski definition) is 2. The number of nitrogens with two attached hydrogens (primary N) is 1. The maximum atomic E-state index is 5.31. The summed E-state index contributed by atoms with van der Waals surface area (Å²) < 4.78 is 0. The monoisotopic (exact) mass is 239 g/mol. The molecule has 3 atom stereocenters. The topological polar surface area (TPSA) is 50.4 Å². The molecular formula is C12H21N3S. The number of fused-ring (bicyclic) bond motifs is 2. The molecule has 2 aliphatic carbocycles. The molecule has 3 N–H and O–H groups in total. The molecule has 3 nitrogen and oxygen atoms in total. The fourth-order valence-electron chi connectivity index (χ4n) is 3.74. The Bertz CT molecular complexity index is 311. The van der Waals surface area contributed by atoms with Gasteiger partial charge in [-0.15, -0.1) is 0 Å². The van der Waals surface area contributed by atoms with Gasteiger partial charge in [-0.3, -0.25) is 5.43 Å². The van der Waals surface area contributed by atoms with Gasteiger partial charge in [-0.2, -0.15) is 5.10 Å². The number of nitrogens with zero attached hydrogens (tertiary/aromatic N) is 1. The Labute approximate surface area is 103 Å². The molecule has 2 aliphatic rings. The average molecular weight is 239 g/mol. The lowest BCUT2D eigenvalue weighted by molar-refractivity contribution is 0.129. The molecule has 0 aromatic heterocycles. The molecule has 0 amide bonds. The van der Waals surface area contributed by atoms with Gasteiger partial charge in [-0.25, -0.2) is 0 Å². The molecule has 0 aromatic rings. The van der Waals surface area contributed by atoms with Crippen LogP contribution in [0.1, 0.15) is 39.5 Å². The van der Waals surface area contributed by atoms with Crippen LogP contribution < -0.4 is 11.2 Å². The first-order valence-electron chi connectivity index (χ1n) is 6.08. The van der Waals surface area contributed by atoms with E-state index in [1.807, 2.05) is 6.21 Å². The van der Waals surface area contributed by atoms with E-state index in [2.05, 4.69) is 24.4 Å². The van der Waals surface area contributed by atoms with Crippen molar-refractivity contribution < 1.29 is 0 Å². The quantitative estimate of drug-likeness (QED) is 0.451. The van der Waals surface area contributed by atoms with Crippen molar-refractivity contribution in [3.05, 3.63) is 0 Å². The van der Waals surface area contributed by atoms with Gasteiger partial charge < -0.3 is 5.73 Å². The van der Waals surface area contributed by atoms with E-state index in [1.54, 1.807) is 0 Å². The van der Waals surface area contributed by atoms with E-state index in [-0.39, 0.29) is 5.11 Å². The number of nitrogens with one attached hydrogen (secondary N) is 1. The average Bonchev–Trinajstić information content (AvgIpc) is 2.72. The van der Waals surface area contributed by atoms with E-state index in [1.165, 1.54) is 19.3 Å². The molecule has 0 heterocycles. The molecule has 0 radical (unpaired) electrons. The van der Waals surface area contributed by atoms with Gasteiger partial charge in [0.1, 0.15) is 0 Å². The molecule has 0 spiro atoms. The Morgan fingerprint density at radius 1 is 1.56 bits per heavy atom. The first-order valence-corrected chi connectivity index (χ1v) is 6.49. The van der Waals surface area contributed by atoms with Crippen LogP contribution in [-0.4, -0.2) is 11.3 Å². The van der Waals surface area contributed by atoms with Crippen molar-refractivity contribution >= 4 is 23.5 Å². The predicted octanol–water partition coefficient (Wildman–Crippen LogP) is 2.27. The number of thiocarbonyl (C=S) groups is 1. The summed E-state index contributed by atoms with van der Waals surface area (Å²) in [6.45, 7) is 4.83. The predicted molar refractivity (Wildman–Crippen MR) is 71.1 cm³/mol. The second-order valence-corrected chi connectivity index (χ2v) is 6.16. The van der Waals surface area contributed by atoms with E-state index < -0.39 is 0 Å². The largest absolute Gasteiger partial charge is 0.375 e. The minimum Gasteiger partial charge on any atom is -0.375 e. The second kappa shape index (κ2) is 4.32. The molecule has 16 heavy (non-hydrogen) atoms. The van der Waals surface area contributed by atoms with Crippen LogP contribution >= 0.6 is 12.2 Å². The Hall–Kier alpha value is -0.640. The zero-order chi connectivity index (χ0) is 11.8. The third-order valence-corrected chi connectivity index (χ3v) is 4.77. The van der Waals surface area contributed by atoms with Gasteiger partial charge in [0.15, 0.2) is 5.11 Å². The van der Waals surface area contributed by atoms with Crippen molar-refractivity contribution in [2.24, 2.45) is 34.0 Å². The van der Waals surface area contributed by atoms with Gasteiger partial charge in [0.25, 0.3) is 0 Å². The molecule has 2 fully saturated rings. The molecule has 90 valence electrons. The summed E-state index contributed by atoms with van der Waals surface area (Å²) in [6, 6.07) is 0. The highest BCUT2D eigenvalue weighted by Gasteiger charge is 2.51. The zero-order valence-corrected chi connectivity index (χ0v) is 10.9. The second-order valence-electron chi connectivity index (χ2n) is 5.72. The molecular weight excluding hydrogens is 218 g/mol. The Morgan fingerprint density at radius 2 is 2.31 bits per heavy atom. The van der Waals surface area contributed by atoms with Crippen molar-refractivity contribution in [1.82, 2.24) is 5.43 Å². The van der Waals surface area contributed by atoms with E-state index in [0.717, 1.165) is 24.2 Å². The standard InChI is InChI=1S/C12H21N3S/c1-12(2)9-4-3-8(7-9)10(12)5-6-14-15-11(13)16/h6,8-10H,3-5,7H2,1-2H3,(H3,13,15,16)/b14-6-/t8-,9-,10+/m0/s1. The first kappa shape index (κ1) is 11.8. The summed E-state index contributed by atoms with van der Waals surface area (Å²) in [5, 5.41) is 4.28. The fourth-order valence-corrected chi connectivity index (χ4v) is 3.79. The van der Waals surface area contributed by atoms with Crippen molar-refractivity contribution in [2.75, 3.05) is 0 Å². The molecule has 2 bridgehead atoms. The molecule has 0 saturated heterocycles. The van der Waals surface area contributed by atoms with Gasteiger partial charge in [-0.05, 0) is 61.1 Å². The van der Waals surface area contributed by atoms with Crippen LogP contribution in [0.5, 0.6) is 0 Å². The molecule has 0 unspecified atom stereocenters. The summed E-state index contributed by atoms with van der Waals surface area (Å²) in [5.74, 6) is 2.62. The lowest BCUT2D eigenvalue weighted by Crippen LogP contribution is -2.31. The summed E-state index contributed by atoms with van der Waals surface area (Å²) >= 11 is 4.69. The van der Waals surface area contributed by atoms with Gasteiger partial charge >= 0.3 is 0 Å². The lowest BCUT2D eigenvalue weighted by atomic mass is 9.68. The number of rotatable bonds is 3. The summed E-state index contributed by atoms with van der Waals surface area (Å²) in [7, 11) is 0. The molecule has 2 rings (SSSR count). The van der Waals surface area contributed by atoms with Crippen LogP contribution in [0.4, 0.5) is 0 Å². The van der Waals surface area contributed by atoms with E-state index >= 15 is 0 Å². The van der Waals surface area contributed by atoms with Crippen molar-refractivity contribution in [3.63, 3.8) is 0 Å². The van der Waals surface area contributed by atoms with Crippen LogP contribution in [0, 0.1) is 23.2 Å². The van der Waals surface area contributed by atoms with Crippen molar-refractivity contribution in [3.8, 4) is 0 Å². The summed E-state index contributed by atoms with van der Waals surface area (Å²) in [4.78, 5) is 0. The zero-order valence-electron chi connectivity index (χ0n) is 10.1. The minimum absolute atomic E-state index is 0.239. The van der Waals surface area contributed by atoms with E-state index in [0.29, 0.717) is 5.41 Å². The van der Waals surface area contributed by atoms with Crippen LogP contribution in [0.2, 0.25) is 0 Å². The Balaban J connectivity index is 1.90. The molecule has 0 aliphatic heterocycles. The number of hydrogen-bond donors (Lipinski definition) is 2. The maximum Gasteiger partial charge on any atom is 0.184 e. The SMILES string of the molecule is CC1(C)[C@H]2CC[C@@H](C2)[C@H]1C/C=N\NC(N)=S. The molecule has 0 aromatic carbocycles. The Morgan fingerprint density at radius 3 is 2.88 bits per heavy atom. The van der Waals surface area contributed by atoms with Crippen molar-refractivity contribution in [1.29, 1.82) is 0 Å². The fraction of sp³-hybridized carbons (Fsp3) is 0.833. The van der Waals surface area contributed by atoms with Gasteiger partial charge in [0.05, 0.1) is 0 Å². The van der Waals surface area contributed by atoms with Gasteiger partial charge in [-0.1, -0.05) is 13.8 Å². The van der Waals surface area contributed by atoms with Gasteiger partial charge in [0, 0.05) is 6.21 Å². The summed E-state index contributed by atoms with van der Waals surface area (Å²) in [6.07, 6.45) is 7.25. The Kier molecular flexibility index (Phi) is 3.19. The van der Waals surface area contributed by atoms with Crippen LogP contribution in [0.25, 0.3) is 0 Å². The van der Waals surface area contributed by atoms with Crippen LogP contribution in [0.15, 0.2) is 5.10 Å². The lowest BCUT2D eigenvalue weighted by Gasteiger charge is -2.37. The van der Waals surface area contributed by atoms with Crippen LogP contribution in [-0.2, 0) is 0 Å². The van der Waals surface area contributed by atoms with Crippen molar-refractivity contribution in [2.45, 2.75) is 39.5 Å². The molecule has 4 heteroatoms. The highest BCUT2D eigenvalue weighted by Crippen LogP contribution is 2.60. The maximum absolute atomic E-state index is 5.31. The third-order valence-electron chi connectivity index (χ3n) is 4.68. The van der Waals surface area contributed by atoms with Gasteiger partial charge in [0.2, 0.25) is 0 Å². The highest BCUT2D eigenvalue weighted by atomic mass is 32.1. The summed E-state index contributed by atoms with van der Waals surface area (Å²) in [5.41, 5.74) is 8.41. The highest BCUT2D eigenvalue weighted by molar-refractivity contribution is 7.80. The van der Waals surface area contributed by atoms with E-state index in [9.17, 15) is 0 Å². The smallest absolute Gasteiger partial charge is 0.184 e. The van der Waals surface area contributed by atoms with E-state index in [4.69, 9.17) is 18.0 Å².